The number of hydrogen-bond donors (Lipinski definition) is 2. The van der Waals surface area contributed by atoms with Crippen molar-refractivity contribution in [2.75, 3.05) is 10.0 Å². The topological polar surface area (TPSA) is 157 Å². The maximum absolute atomic E-state index is 12.5. The highest BCUT2D eigenvalue weighted by atomic mass is 32.2. The maximum atomic E-state index is 12.5. The lowest BCUT2D eigenvalue weighted by molar-refractivity contribution is -0.402. The molecule has 1 aromatic carbocycles. The molecule has 29 heavy (non-hydrogen) atoms. The number of aryl methyl sites for hydroxylation is 2. The van der Waals surface area contributed by atoms with Crippen LogP contribution in [-0.4, -0.2) is 29.2 Å². The van der Waals surface area contributed by atoms with Gasteiger partial charge in [0, 0.05) is 17.1 Å². The average molecular weight is 417 g/mol. The van der Waals surface area contributed by atoms with Crippen molar-refractivity contribution in [3.8, 4) is 0 Å². The van der Waals surface area contributed by atoms with Crippen LogP contribution >= 0.6 is 0 Å². The molecular weight excluding hydrogens is 402 g/mol. The maximum Gasteiger partial charge on any atom is 0.433 e. The number of aromatic nitrogens is 2. The number of carbonyl (C=O) groups excluding carboxylic acids is 1. The van der Waals surface area contributed by atoms with Gasteiger partial charge in [0.2, 0.25) is 5.95 Å². The molecule has 0 bridgehead atoms. The van der Waals surface area contributed by atoms with E-state index in [2.05, 4.69) is 20.0 Å². The van der Waals surface area contributed by atoms with E-state index in [0.29, 0.717) is 11.4 Å². The van der Waals surface area contributed by atoms with Crippen LogP contribution < -0.4 is 10.0 Å². The molecule has 11 nitrogen and oxygen atoms in total. The molecule has 0 spiro atoms. The zero-order valence-electron chi connectivity index (χ0n) is 15.2. The third-order valence-electron chi connectivity index (χ3n) is 3.63. The average Bonchev–Trinajstić information content (AvgIpc) is 3.11. The number of nitrogens with zero attached hydrogens (tertiary/aromatic N) is 3. The number of anilines is 2. The lowest BCUT2D eigenvalue weighted by Gasteiger charge is -2.09. The van der Waals surface area contributed by atoms with Crippen LogP contribution in [-0.2, 0) is 10.0 Å². The van der Waals surface area contributed by atoms with E-state index in [1.807, 2.05) is 0 Å². The number of rotatable bonds is 6. The second-order valence-electron chi connectivity index (χ2n) is 5.95. The Morgan fingerprint density at radius 3 is 2.24 bits per heavy atom. The SMILES string of the molecule is Cc1cc(C)nc(NS(=O)(=O)c2ccc(NC(=O)c3ccc([N+](=O)[O-])o3)cc2)n1. The van der Waals surface area contributed by atoms with Gasteiger partial charge in [0.25, 0.3) is 15.9 Å². The molecule has 0 aliphatic rings. The lowest BCUT2D eigenvalue weighted by Crippen LogP contribution is -2.16. The molecule has 3 rings (SSSR count). The number of benzene rings is 1. The smallest absolute Gasteiger partial charge is 0.395 e. The van der Waals surface area contributed by atoms with E-state index in [4.69, 9.17) is 4.42 Å². The van der Waals surface area contributed by atoms with Gasteiger partial charge in [-0.25, -0.2) is 23.1 Å². The largest absolute Gasteiger partial charge is 0.433 e. The molecule has 150 valence electrons. The van der Waals surface area contributed by atoms with Gasteiger partial charge in [-0.05, 0) is 50.2 Å². The van der Waals surface area contributed by atoms with Gasteiger partial charge >= 0.3 is 5.88 Å². The molecule has 0 aliphatic heterocycles. The van der Waals surface area contributed by atoms with E-state index in [9.17, 15) is 23.3 Å². The van der Waals surface area contributed by atoms with Crippen molar-refractivity contribution < 1.29 is 22.6 Å². The summed E-state index contributed by atoms with van der Waals surface area (Å²) in [5.41, 5.74) is 1.51. The van der Waals surface area contributed by atoms with Crippen LogP contribution in [0.15, 0.2) is 51.8 Å². The van der Waals surface area contributed by atoms with Crippen LogP contribution in [0.25, 0.3) is 0 Å². The van der Waals surface area contributed by atoms with E-state index in [1.165, 1.54) is 30.3 Å². The molecule has 0 atom stereocenters. The van der Waals surface area contributed by atoms with E-state index < -0.39 is 26.7 Å². The Hall–Kier alpha value is -3.80. The third-order valence-corrected chi connectivity index (χ3v) is 4.97. The summed E-state index contributed by atoms with van der Waals surface area (Å²) in [4.78, 5) is 29.9. The summed E-state index contributed by atoms with van der Waals surface area (Å²) in [5, 5.41) is 13.1. The number of nitrogens with one attached hydrogen (secondary N) is 2. The first-order chi connectivity index (χ1) is 13.6. The molecule has 0 saturated heterocycles. The zero-order valence-corrected chi connectivity index (χ0v) is 16.1. The highest BCUT2D eigenvalue weighted by molar-refractivity contribution is 7.92. The summed E-state index contributed by atoms with van der Waals surface area (Å²) in [7, 11) is -3.93. The van der Waals surface area contributed by atoms with Crippen molar-refractivity contribution in [1.82, 2.24) is 9.97 Å². The normalized spacial score (nSPS) is 11.1. The molecule has 12 heteroatoms. The monoisotopic (exact) mass is 417 g/mol. The highest BCUT2D eigenvalue weighted by Gasteiger charge is 2.19. The summed E-state index contributed by atoms with van der Waals surface area (Å²) in [6, 6.07) is 9.24. The van der Waals surface area contributed by atoms with Crippen LogP contribution in [0.3, 0.4) is 0 Å². The van der Waals surface area contributed by atoms with Crippen LogP contribution in [0.2, 0.25) is 0 Å². The van der Waals surface area contributed by atoms with Gasteiger partial charge in [-0.3, -0.25) is 14.9 Å². The number of amides is 1. The zero-order chi connectivity index (χ0) is 21.2. The predicted octanol–water partition coefficient (Wildman–Crippen LogP) is 2.65. The molecule has 2 aromatic heterocycles. The van der Waals surface area contributed by atoms with Gasteiger partial charge in [0.05, 0.1) is 11.0 Å². The van der Waals surface area contributed by atoms with Crippen LogP contribution in [0.5, 0.6) is 0 Å². The first-order valence-corrected chi connectivity index (χ1v) is 9.63. The van der Waals surface area contributed by atoms with Gasteiger partial charge in [-0.2, -0.15) is 0 Å². The molecule has 2 heterocycles. The Morgan fingerprint density at radius 1 is 1.07 bits per heavy atom. The summed E-state index contributed by atoms with van der Waals surface area (Å²) < 4.78 is 32.1. The molecule has 2 N–H and O–H groups in total. The van der Waals surface area contributed by atoms with Crippen molar-refractivity contribution in [2.45, 2.75) is 18.7 Å². The van der Waals surface area contributed by atoms with Gasteiger partial charge in [-0.15, -0.1) is 0 Å². The number of hydrogen-bond acceptors (Lipinski definition) is 8. The Kier molecular flexibility index (Phi) is 5.28. The summed E-state index contributed by atoms with van der Waals surface area (Å²) in [6.07, 6.45) is 0. The molecule has 3 aromatic rings. The lowest BCUT2D eigenvalue weighted by atomic mass is 10.3. The van der Waals surface area contributed by atoms with Crippen molar-refractivity contribution in [3.05, 3.63) is 69.7 Å². The van der Waals surface area contributed by atoms with E-state index in [1.54, 1.807) is 19.9 Å². The number of furan rings is 1. The minimum absolute atomic E-state index is 0.0423. The highest BCUT2D eigenvalue weighted by Crippen LogP contribution is 2.20. The van der Waals surface area contributed by atoms with E-state index >= 15 is 0 Å². The summed E-state index contributed by atoms with van der Waals surface area (Å²) in [6.45, 7) is 3.44. The van der Waals surface area contributed by atoms with Crippen molar-refractivity contribution in [1.29, 1.82) is 0 Å². The van der Waals surface area contributed by atoms with Crippen molar-refractivity contribution in [2.24, 2.45) is 0 Å². The standard InChI is InChI=1S/C17H15N5O6S/c1-10-9-11(2)19-17(18-10)21-29(26,27)13-5-3-12(4-6-13)20-16(23)14-7-8-15(28-14)22(24)25/h3-9H,1-2H3,(H,20,23)(H,18,19,21). The fourth-order valence-corrected chi connectivity index (χ4v) is 3.35. The Labute approximate surface area is 165 Å². The molecule has 0 radical (unpaired) electrons. The predicted molar refractivity (Wildman–Crippen MR) is 102 cm³/mol. The fraction of sp³-hybridized carbons (Fsp3) is 0.118. The number of sulfonamides is 1. The molecule has 0 aliphatic carbocycles. The van der Waals surface area contributed by atoms with Crippen LogP contribution in [0, 0.1) is 24.0 Å². The van der Waals surface area contributed by atoms with Gasteiger partial charge in [0.15, 0.2) is 5.76 Å². The van der Waals surface area contributed by atoms with E-state index in [0.717, 1.165) is 6.07 Å². The number of nitro groups is 1. The molecule has 0 saturated carbocycles. The van der Waals surface area contributed by atoms with Gasteiger partial charge in [-0.1, -0.05) is 0 Å². The van der Waals surface area contributed by atoms with Crippen molar-refractivity contribution >= 4 is 33.5 Å². The molecule has 0 fully saturated rings. The molecule has 0 unspecified atom stereocenters. The Morgan fingerprint density at radius 2 is 1.69 bits per heavy atom. The van der Waals surface area contributed by atoms with Gasteiger partial charge < -0.3 is 9.73 Å². The second-order valence-corrected chi connectivity index (χ2v) is 7.64. The Balaban J connectivity index is 1.73. The second kappa shape index (κ2) is 7.67. The van der Waals surface area contributed by atoms with Crippen LogP contribution in [0.1, 0.15) is 21.9 Å². The number of carbonyl (C=O) groups is 1. The van der Waals surface area contributed by atoms with Gasteiger partial charge in [0.1, 0.15) is 4.92 Å². The summed E-state index contributed by atoms with van der Waals surface area (Å²) in [5.74, 6) is -1.56. The third kappa shape index (κ3) is 4.73. The first-order valence-electron chi connectivity index (χ1n) is 8.15. The van der Waals surface area contributed by atoms with Crippen molar-refractivity contribution in [3.63, 3.8) is 0 Å². The first kappa shape index (κ1) is 19.9. The van der Waals surface area contributed by atoms with Crippen LogP contribution in [0.4, 0.5) is 17.5 Å². The fourth-order valence-electron chi connectivity index (χ4n) is 2.41. The summed E-state index contributed by atoms with van der Waals surface area (Å²) >= 11 is 0. The molecular formula is C17H15N5O6S. The minimum atomic E-state index is -3.93. The Bertz CT molecular complexity index is 1170. The van der Waals surface area contributed by atoms with E-state index in [-0.39, 0.29) is 22.3 Å². The minimum Gasteiger partial charge on any atom is -0.395 e. The molecule has 1 amide bonds. The quantitative estimate of drug-likeness (QED) is 0.457.